The number of nitrogens with zero attached hydrogens (tertiary/aromatic N) is 4. The number of aromatic nitrogens is 3. The summed E-state index contributed by atoms with van der Waals surface area (Å²) in [6.07, 6.45) is 5.96. The summed E-state index contributed by atoms with van der Waals surface area (Å²) in [6.45, 7) is 16.7. The van der Waals surface area contributed by atoms with Crippen LogP contribution < -0.4 is 0 Å². The Morgan fingerprint density at radius 1 is 1.23 bits per heavy atom. The van der Waals surface area contributed by atoms with Crippen LogP contribution in [0.3, 0.4) is 0 Å². The van der Waals surface area contributed by atoms with Crippen molar-refractivity contribution in [2.45, 2.75) is 71.1 Å². The summed E-state index contributed by atoms with van der Waals surface area (Å²) in [5.41, 5.74) is 1.77. The van der Waals surface area contributed by atoms with Crippen LogP contribution in [0.5, 0.6) is 0 Å². The van der Waals surface area contributed by atoms with Crippen molar-refractivity contribution in [3.05, 3.63) is 23.1 Å². The molecule has 4 heterocycles. The van der Waals surface area contributed by atoms with Crippen molar-refractivity contribution in [2.75, 3.05) is 40.0 Å². The number of halogens is 1. The van der Waals surface area contributed by atoms with Crippen LogP contribution in [0.1, 0.15) is 52.1 Å². The van der Waals surface area contributed by atoms with Gasteiger partial charge in [0.15, 0.2) is 8.32 Å². The molecule has 6 nitrogen and oxygen atoms in total. The highest BCUT2D eigenvalue weighted by Gasteiger charge is 2.41. The monoisotopic (exact) mass is 516 g/mol. The lowest BCUT2D eigenvalue weighted by Gasteiger charge is -2.42. The molecule has 4 rings (SSSR count). The Balaban J connectivity index is 1.63. The maximum absolute atomic E-state index is 6.76. The molecule has 2 aromatic rings. The van der Waals surface area contributed by atoms with Gasteiger partial charge in [-0.05, 0) is 69.9 Å². The van der Waals surface area contributed by atoms with Crippen LogP contribution in [0.25, 0.3) is 10.9 Å². The van der Waals surface area contributed by atoms with Gasteiger partial charge in [0.2, 0.25) is 0 Å². The summed E-state index contributed by atoms with van der Waals surface area (Å²) in [4.78, 5) is 6.71. The summed E-state index contributed by atoms with van der Waals surface area (Å²) in [5, 5.41) is 6.64. The molecule has 2 aliphatic rings. The first-order chi connectivity index (χ1) is 16.5. The van der Waals surface area contributed by atoms with E-state index in [1.807, 2.05) is 12.3 Å². The molecule has 192 valence electrons. The Kier molecular flexibility index (Phi) is 8.00. The number of hydrogen-bond acceptors (Lipinski definition) is 5. The maximum Gasteiger partial charge on any atom is 0.192 e. The molecule has 0 amide bonds. The average molecular weight is 517 g/mol. The minimum atomic E-state index is -1.87. The van der Waals surface area contributed by atoms with Crippen LogP contribution in [0.4, 0.5) is 0 Å². The first kappa shape index (κ1) is 26.6. The summed E-state index contributed by atoms with van der Waals surface area (Å²) in [5.74, 6) is 7.33. The molecular formula is C27H41ClN4O2Si. The fourth-order valence-corrected chi connectivity index (χ4v) is 5.85. The molecule has 0 saturated carbocycles. The van der Waals surface area contributed by atoms with E-state index in [1.54, 1.807) is 0 Å². The molecule has 35 heavy (non-hydrogen) atoms. The smallest absolute Gasteiger partial charge is 0.192 e. The fraction of sp³-hybridized carbons (Fsp3) is 0.704. The molecule has 0 atom stereocenters. The van der Waals surface area contributed by atoms with Gasteiger partial charge in [-0.25, -0.2) is 4.98 Å². The van der Waals surface area contributed by atoms with E-state index < -0.39 is 8.32 Å². The Morgan fingerprint density at radius 2 is 1.91 bits per heavy atom. The van der Waals surface area contributed by atoms with Gasteiger partial charge < -0.3 is 14.1 Å². The van der Waals surface area contributed by atoms with Crippen LogP contribution in [0.15, 0.2) is 12.3 Å². The summed E-state index contributed by atoms with van der Waals surface area (Å²) < 4.78 is 14.6. The van der Waals surface area contributed by atoms with Crippen LogP contribution >= 0.6 is 11.6 Å². The molecule has 2 aliphatic heterocycles. The largest absolute Gasteiger partial charge is 0.416 e. The third-order valence-corrected chi connectivity index (χ3v) is 13.0. The Hall–Kier alpha value is -1.43. The standard InChI is InChI=1S/C27H41ClN4O2Si/c1-26(2,3)35(5,6)34-20-27(11-15-33-16-12-27)19-32-24-17-25(28)29-18-22(24)23(30-32)8-7-21-9-13-31(4)14-10-21/h17-18,21H,9-16,19-20H2,1-6H3. The lowest BCUT2D eigenvalue weighted by molar-refractivity contribution is -0.0232. The zero-order chi connectivity index (χ0) is 25.3. The van der Waals surface area contributed by atoms with Gasteiger partial charge in [-0.3, -0.25) is 4.68 Å². The van der Waals surface area contributed by atoms with Gasteiger partial charge in [0.1, 0.15) is 10.8 Å². The third-order valence-electron chi connectivity index (χ3n) is 8.30. The van der Waals surface area contributed by atoms with Crippen molar-refractivity contribution >= 4 is 30.8 Å². The number of piperidine rings is 1. The zero-order valence-corrected chi connectivity index (χ0v) is 24.0. The molecule has 2 fully saturated rings. The van der Waals surface area contributed by atoms with Gasteiger partial charge in [-0.15, -0.1) is 0 Å². The molecule has 0 unspecified atom stereocenters. The Morgan fingerprint density at radius 3 is 2.57 bits per heavy atom. The van der Waals surface area contributed by atoms with Crippen molar-refractivity contribution < 1.29 is 9.16 Å². The molecule has 2 saturated heterocycles. The minimum absolute atomic E-state index is 0.0267. The van der Waals surface area contributed by atoms with Gasteiger partial charge >= 0.3 is 0 Å². The van der Waals surface area contributed by atoms with Crippen molar-refractivity contribution in [3.63, 3.8) is 0 Å². The molecule has 0 N–H and O–H groups in total. The maximum atomic E-state index is 6.76. The topological polar surface area (TPSA) is 52.4 Å². The molecule has 2 aromatic heterocycles. The summed E-state index contributed by atoms with van der Waals surface area (Å²) in [6, 6.07) is 1.92. The van der Waals surface area contributed by atoms with Crippen LogP contribution in [-0.4, -0.2) is 67.9 Å². The zero-order valence-electron chi connectivity index (χ0n) is 22.3. The SMILES string of the molecule is CN1CCC(C#Cc2nn(CC3(CO[Si](C)(C)C(C)(C)C)CCOCC3)c3cc(Cl)ncc23)CC1. The molecule has 8 heteroatoms. The lowest BCUT2D eigenvalue weighted by atomic mass is 9.81. The van der Waals surface area contributed by atoms with E-state index in [0.29, 0.717) is 11.1 Å². The van der Waals surface area contributed by atoms with E-state index >= 15 is 0 Å². The average Bonchev–Trinajstić information content (AvgIpc) is 3.13. The molecule has 0 aliphatic carbocycles. The number of fused-ring (bicyclic) bond motifs is 1. The predicted molar refractivity (Wildman–Crippen MR) is 145 cm³/mol. The Labute approximate surface area is 216 Å². The quantitative estimate of drug-likeness (QED) is 0.294. The molecule has 0 aromatic carbocycles. The first-order valence-electron chi connectivity index (χ1n) is 12.9. The molecular weight excluding hydrogens is 476 g/mol. The van der Waals surface area contributed by atoms with E-state index in [0.717, 1.165) is 81.7 Å². The van der Waals surface area contributed by atoms with Crippen LogP contribution in [0.2, 0.25) is 23.3 Å². The highest BCUT2D eigenvalue weighted by atomic mass is 35.5. The van der Waals surface area contributed by atoms with Crippen molar-refractivity contribution in [1.82, 2.24) is 19.7 Å². The van der Waals surface area contributed by atoms with E-state index in [1.165, 1.54) is 0 Å². The lowest BCUT2D eigenvalue weighted by Crippen LogP contribution is -2.46. The second kappa shape index (κ2) is 10.5. The second-order valence-electron chi connectivity index (χ2n) is 12.0. The minimum Gasteiger partial charge on any atom is -0.416 e. The molecule has 0 radical (unpaired) electrons. The third kappa shape index (κ3) is 6.29. The fourth-order valence-electron chi connectivity index (χ4n) is 4.60. The molecule has 0 bridgehead atoms. The summed E-state index contributed by atoms with van der Waals surface area (Å²) in [7, 11) is 0.301. The second-order valence-corrected chi connectivity index (χ2v) is 17.2. The number of likely N-dealkylation sites (tertiary alicyclic amines) is 1. The van der Waals surface area contributed by atoms with E-state index in [-0.39, 0.29) is 10.5 Å². The van der Waals surface area contributed by atoms with Gasteiger partial charge in [0.05, 0.1) is 10.9 Å². The van der Waals surface area contributed by atoms with Gasteiger partial charge in [-0.1, -0.05) is 38.3 Å². The first-order valence-corrected chi connectivity index (χ1v) is 16.2. The highest BCUT2D eigenvalue weighted by molar-refractivity contribution is 6.74. The summed E-state index contributed by atoms with van der Waals surface area (Å²) >= 11 is 6.33. The predicted octanol–water partition coefficient (Wildman–Crippen LogP) is 5.60. The van der Waals surface area contributed by atoms with Gasteiger partial charge in [-0.2, -0.15) is 5.10 Å². The molecule has 0 spiro atoms. The van der Waals surface area contributed by atoms with Crippen molar-refractivity contribution in [2.24, 2.45) is 11.3 Å². The number of pyridine rings is 1. The highest BCUT2D eigenvalue weighted by Crippen LogP contribution is 2.40. The van der Waals surface area contributed by atoms with Crippen molar-refractivity contribution in [3.8, 4) is 11.8 Å². The Bertz CT molecular complexity index is 1080. The van der Waals surface area contributed by atoms with E-state index in [4.69, 9.17) is 25.9 Å². The van der Waals surface area contributed by atoms with Crippen molar-refractivity contribution in [1.29, 1.82) is 0 Å². The number of hydrogen-bond donors (Lipinski definition) is 0. The number of rotatable bonds is 5. The van der Waals surface area contributed by atoms with Gasteiger partial charge in [0.25, 0.3) is 0 Å². The normalized spacial score (nSPS) is 20.1. The number of ether oxygens (including phenoxy) is 1. The van der Waals surface area contributed by atoms with Crippen LogP contribution in [0, 0.1) is 23.2 Å². The van der Waals surface area contributed by atoms with Gasteiger partial charge in [0, 0.05) is 50.0 Å². The van der Waals surface area contributed by atoms with E-state index in [9.17, 15) is 0 Å². The van der Waals surface area contributed by atoms with Crippen LogP contribution in [-0.2, 0) is 15.7 Å². The van der Waals surface area contributed by atoms with E-state index in [2.05, 4.69) is 67.3 Å².